The Kier molecular flexibility index (Phi) is 2.44. The number of rotatable bonds is 2. The minimum absolute atomic E-state index is 0.118. The molecule has 4 nitrogen and oxygen atoms in total. The molecule has 15 heavy (non-hydrogen) atoms. The van der Waals surface area contributed by atoms with Crippen LogP contribution in [0.3, 0.4) is 0 Å². The Morgan fingerprint density at radius 2 is 1.27 bits per heavy atom. The summed E-state index contributed by atoms with van der Waals surface area (Å²) in [7, 11) is 0. The first-order chi connectivity index (χ1) is 7.11. The zero-order chi connectivity index (χ0) is 11.1. The molecule has 0 aromatic carbocycles. The SMILES string of the molecule is O=C(O)C1(C(=O)O)[C@@H]2CCCCCC[C@H]21. The second kappa shape index (κ2) is 3.51. The van der Waals surface area contributed by atoms with Crippen molar-refractivity contribution in [3.05, 3.63) is 0 Å². The molecule has 4 heteroatoms. The van der Waals surface area contributed by atoms with E-state index in [1.165, 1.54) is 0 Å². The van der Waals surface area contributed by atoms with E-state index in [-0.39, 0.29) is 11.8 Å². The van der Waals surface area contributed by atoms with Crippen molar-refractivity contribution in [1.82, 2.24) is 0 Å². The van der Waals surface area contributed by atoms with Crippen LogP contribution < -0.4 is 0 Å². The lowest BCUT2D eigenvalue weighted by atomic mass is 10.0. The standard InChI is InChI=1S/C11H16O4/c12-9(13)11(10(14)15)7-5-3-1-2-4-6-8(7)11/h7-8H,1-6H2,(H,12,13)(H,14,15)/t7-,8-/m1/s1. The van der Waals surface area contributed by atoms with Crippen molar-refractivity contribution in [2.45, 2.75) is 38.5 Å². The van der Waals surface area contributed by atoms with Gasteiger partial charge in [-0.25, -0.2) is 0 Å². The van der Waals surface area contributed by atoms with Crippen LogP contribution >= 0.6 is 0 Å². The lowest BCUT2D eigenvalue weighted by Crippen LogP contribution is -2.29. The quantitative estimate of drug-likeness (QED) is 0.684. The molecule has 0 radical (unpaired) electrons. The Bertz CT molecular complexity index is 267. The summed E-state index contributed by atoms with van der Waals surface area (Å²) in [6.45, 7) is 0. The average molecular weight is 212 g/mol. The molecule has 0 aliphatic heterocycles. The van der Waals surface area contributed by atoms with Crippen molar-refractivity contribution in [3.63, 3.8) is 0 Å². The molecular weight excluding hydrogens is 196 g/mol. The topological polar surface area (TPSA) is 74.6 Å². The third kappa shape index (κ3) is 1.34. The van der Waals surface area contributed by atoms with E-state index in [0.29, 0.717) is 0 Å². The Labute approximate surface area is 88.3 Å². The maximum absolute atomic E-state index is 11.1. The number of fused-ring (bicyclic) bond motifs is 1. The van der Waals surface area contributed by atoms with Crippen molar-refractivity contribution in [2.75, 3.05) is 0 Å². The fourth-order valence-electron chi connectivity index (χ4n) is 3.20. The van der Waals surface area contributed by atoms with Crippen molar-refractivity contribution in [2.24, 2.45) is 17.3 Å². The first-order valence-electron chi connectivity index (χ1n) is 5.58. The maximum atomic E-state index is 11.1. The second-order valence-electron chi connectivity index (χ2n) is 4.68. The van der Waals surface area contributed by atoms with E-state index in [1.807, 2.05) is 0 Å². The highest BCUT2D eigenvalue weighted by atomic mass is 16.4. The number of carbonyl (C=O) groups is 2. The van der Waals surface area contributed by atoms with Gasteiger partial charge in [0.25, 0.3) is 0 Å². The molecule has 0 bridgehead atoms. The lowest BCUT2D eigenvalue weighted by molar-refractivity contribution is -0.158. The van der Waals surface area contributed by atoms with Gasteiger partial charge in [0.15, 0.2) is 5.41 Å². The maximum Gasteiger partial charge on any atom is 0.321 e. The minimum Gasteiger partial charge on any atom is -0.480 e. The zero-order valence-corrected chi connectivity index (χ0v) is 8.61. The molecule has 2 aliphatic rings. The molecule has 0 amide bonds. The van der Waals surface area contributed by atoms with Gasteiger partial charge < -0.3 is 10.2 Å². The van der Waals surface area contributed by atoms with E-state index in [9.17, 15) is 9.59 Å². The van der Waals surface area contributed by atoms with Gasteiger partial charge in [0.2, 0.25) is 0 Å². The van der Waals surface area contributed by atoms with Crippen LogP contribution in [0.25, 0.3) is 0 Å². The first kappa shape index (κ1) is 10.5. The third-order valence-electron chi connectivity index (χ3n) is 4.03. The van der Waals surface area contributed by atoms with Crippen LogP contribution in [0.1, 0.15) is 38.5 Å². The molecule has 2 fully saturated rings. The fraction of sp³-hybridized carbons (Fsp3) is 0.818. The molecule has 2 saturated carbocycles. The van der Waals surface area contributed by atoms with Gasteiger partial charge in [-0.3, -0.25) is 9.59 Å². The lowest BCUT2D eigenvalue weighted by Gasteiger charge is -2.05. The zero-order valence-electron chi connectivity index (χ0n) is 8.61. The van der Waals surface area contributed by atoms with Crippen LogP contribution in [0.5, 0.6) is 0 Å². The van der Waals surface area contributed by atoms with Crippen LogP contribution in [0.4, 0.5) is 0 Å². The van der Waals surface area contributed by atoms with E-state index < -0.39 is 17.4 Å². The predicted molar refractivity (Wildman–Crippen MR) is 52.4 cm³/mol. The van der Waals surface area contributed by atoms with E-state index in [2.05, 4.69) is 0 Å². The molecule has 2 aliphatic carbocycles. The van der Waals surface area contributed by atoms with Crippen molar-refractivity contribution < 1.29 is 19.8 Å². The monoisotopic (exact) mass is 212 g/mol. The number of hydrogen-bond donors (Lipinski definition) is 2. The summed E-state index contributed by atoms with van der Waals surface area (Å²) in [5.74, 6) is -2.50. The van der Waals surface area contributed by atoms with Gasteiger partial charge in [0.1, 0.15) is 0 Å². The predicted octanol–water partition coefficient (Wildman–Crippen LogP) is 1.74. The molecule has 0 aromatic rings. The van der Waals surface area contributed by atoms with Crippen molar-refractivity contribution >= 4 is 11.9 Å². The summed E-state index contributed by atoms with van der Waals surface area (Å²) in [5, 5.41) is 18.2. The van der Waals surface area contributed by atoms with Crippen LogP contribution in [-0.4, -0.2) is 22.2 Å². The summed E-state index contributed by atoms with van der Waals surface area (Å²) < 4.78 is 0. The molecule has 0 unspecified atom stereocenters. The highest BCUT2D eigenvalue weighted by Crippen LogP contribution is 2.64. The van der Waals surface area contributed by atoms with Gasteiger partial charge in [-0.15, -0.1) is 0 Å². The Morgan fingerprint density at radius 3 is 1.60 bits per heavy atom. The highest BCUT2D eigenvalue weighted by Gasteiger charge is 2.74. The second-order valence-corrected chi connectivity index (χ2v) is 4.68. The van der Waals surface area contributed by atoms with Gasteiger partial charge in [-0.2, -0.15) is 0 Å². The molecule has 2 rings (SSSR count). The summed E-state index contributed by atoms with van der Waals surface area (Å²) in [5.41, 5.74) is -1.44. The molecule has 84 valence electrons. The van der Waals surface area contributed by atoms with E-state index in [1.54, 1.807) is 0 Å². The number of hydrogen-bond acceptors (Lipinski definition) is 2. The summed E-state index contributed by atoms with van der Waals surface area (Å²) in [4.78, 5) is 22.3. The van der Waals surface area contributed by atoms with Gasteiger partial charge in [-0.1, -0.05) is 25.7 Å². The van der Waals surface area contributed by atoms with Gasteiger partial charge in [-0.05, 0) is 24.7 Å². The van der Waals surface area contributed by atoms with Crippen LogP contribution in [0.15, 0.2) is 0 Å². The summed E-state index contributed by atoms with van der Waals surface area (Å²) in [6.07, 6.45) is 5.70. The molecule has 2 atom stereocenters. The van der Waals surface area contributed by atoms with Gasteiger partial charge in [0, 0.05) is 0 Å². The van der Waals surface area contributed by atoms with Crippen LogP contribution in [-0.2, 0) is 9.59 Å². The Hall–Kier alpha value is -1.06. The number of carboxylic acid groups (broad SMARTS) is 2. The van der Waals surface area contributed by atoms with Gasteiger partial charge in [0.05, 0.1) is 0 Å². The number of carboxylic acids is 2. The van der Waals surface area contributed by atoms with Crippen LogP contribution in [0, 0.1) is 17.3 Å². The highest BCUT2D eigenvalue weighted by molar-refractivity contribution is 6.02. The largest absolute Gasteiger partial charge is 0.480 e. The van der Waals surface area contributed by atoms with E-state index in [4.69, 9.17) is 10.2 Å². The van der Waals surface area contributed by atoms with Crippen molar-refractivity contribution in [3.8, 4) is 0 Å². The molecule has 0 saturated heterocycles. The van der Waals surface area contributed by atoms with Crippen molar-refractivity contribution in [1.29, 1.82) is 0 Å². The molecule has 0 aromatic heterocycles. The molecular formula is C11H16O4. The minimum atomic E-state index is -1.44. The first-order valence-corrected chi connectivity index (χ1v) is 5.58. The van der Waals surface area contributed by atoms with E-state index >= 15 is 0 Å². The average Bonchev–Trinajstić information content (AvgIpc) is 2.72. The van der Waals surface area contributed by atoms with Gasteiger partial charge >= 0.3 is 11.9 Å². The molecule has 2 N–H and O–H groups in total. The molecule has 0 heterocycles. The number of aliphatic carboxylic acids is 2. The molecule has 0 spiro atoms. The smallest absolute Gasteiger partial charge is 0.321 e. The Balaban J connectivity index is 2.21. The van der Waals surface area contributed by atoms with E-state index in [0.717, 1.165) is 38.5 Å². The normalized spacial score (nSPS) is 33.3. The van der Waals surface area contributed by atoms with Crippen LogP contribution in [0.2, 0.25) is 0 Å². The third-order valence-corrected chi connectivity index (χ3v) is 4.03. The summed E-state index contributed by atoms with van der Waals surface area (Å²) in [6, 6.07) is 0. The fourth-order valence-corrected chi connectivity index (χ4v) is 3.20. The Morgan fingerprint density at radius 1 is 0.867 bits per heavy atom. The summed E-state index contributed by atoms with van der Waals surface area (Å²) >= 11 is 0.